The molecule has 0 fully saturated rings. The molecule has 0 aliphatic heterocycles. The van der Waals surface area contributed by atoms with Crippen LogP contribution in [0.1, 0.15) is 35.1 Å². The molecule has 2 heterocycles. The Morgan fingerprint density at radius 2 is 1.85 bits per heavy atom. The lowest BCUT2D eigenvalue weighted by molar-refractivity contribution is -0.113. The molecule has 33 heavy (non-hydrogen) atoms. The van der Waals surface area contributed by atoms with Crippen LogP contribution < -0.4 is 10.9 Å². The molecule has 7 heteroatoms. The maximum atomic E-state index is 13.0. The predicted molar refractivity (Wildman–Crippen MR) is 138 cm³/mol. The van der Waals surface area contributed by atoms with Crippen molar-refractivity contribution in [1.29, 1.82) is 0 Å². The van der Waals surface area contributed by atoms with Crippen molar-refractivity contribution in [2.75, 3.05) is 11.1 Å². The Kier molecular flexibility index (Phi) is 6.08. The largest absolute Gasteiger partial charge is 0.325 e. The van der Waals surface area contributed by atoms with Gasteiger partial charge in [-0.3, -0.25) is 9.59 Å². The SMILES string of the molecule is Cc1cc(C)cc(NC(=O)CSc2nc3scc(-c4ccc5c(c4)CCCC5)c3c(=O)[nH]2)c1. The average molecular weight is 476 g/mol. The van der Waals surface area contributed by atoms with Gasteiger partial charge in [-0.05, 0) is 79.5 Å². The van der Waals surface area contributed by atoms with Gasteiger partial charge in [0.15, 0.2) is 5.16 Å². The van der Waals surface area contributed by atoms with Crippen molar-refractivity contribution in [3.8, 4) is 11.1 Å². The van der Waals surface area contributed by atoms with Crippen molar-refractivity contribution in [2.24, 2.45) is 0 Å². The number of H-pyrrole nitrogens is 1. The van der Waals surface area contributed by atoms with E-state index in [2.05, 4.69) is 39.6 Å². The van der Waals surface area contributed by atoms with Crippen LogP contribution >= 0.6 is 23.1 Å². The van der Waals surface area contributed by atoms with Crippen molar-refractivity contribution < 1.29 is 4.79 Å². The average Bonchev–Trinajstić information content (AvgIpc) is 3.21. The van der Waals surface area contributed by atoms with Gasteiger partial charge in [-0.1, -0.05) is 36.0 Å². The number of carbonyl (C=O) groups is 1. The Hall–Kier alpha value is -2.90. The van der Waals surface area contributed by atoms with Crippen LogP contribution in [0.4, 0.5) is 5.69 Å². The minimum absolute atomic E-state index is 0.131. The van der Waals surface area contributed by atoms with E-state index in [0.717, 1.165) is 40.8 Å². The molecule has 0 bridgehead atoms. The van der Waals surface area contributed by atoms with E-state index in [1.165, 1.54) is 47.1 Å². The number of aromatic nitrogens is 2. The standard InChI is InChI=1S/C26H25N3O2S2/c1-15-9-16(2)11-20(10-15)27-22(30)14-33-26-28-24(31)23-21(13-32-25(23)29-26)19-8-7-17-5-3-4-6-18(17)12-19/h7-13H,3-6,14H2,1-2H3,(H,27,30)(H,28,29,31). The zero-order valence-corrected chi connectivity index (χ0v) is 20.3. The monoisotopic (exact) mass is 475 g/mol. The van der Waals surface area contributed by atoms with Gasteiger partial charge in [-0.25, -0.2) is 4.98 Å². The van der Waals surface area contributed by atoms with Crippen LogP contribution in [-0.2, 0) is 17.6 Å². The molecule has 0 saturated carbocycles. The first-order valence-corrected chi connectivity index (χ1v) is 13.0. The molecule has 0 saturated heterocycles. The second-order valence-electron chi connectivity index (χ2n) is 8.60. The van der Waals surface area contributed by atoms with Crippen molar-refractivity contribution in [2.45, 2.75) is 44.7 Å². The summed E-state index contributed by atoms with van der Waals surface area (Å²) >= 11 is 2.71. The molecule has 0 radical (unpaired) electrons. The Bertz CT molecular complexity index is 1400. The number of hydrogen-bond donors (Lipinski definition) is 2. The Labute approximate surface area is 200 Å². The fourth-order valence-electron chi connectivity index (χ4n) is 4.49. The highest BCUT2D eigenvalue weighted by atomic mass is 32.2. The van der Waals surface area contributed by atoms with Gasteiger partial charge >= 0.3 is 0 Å². The summed E-state index contributed by atoms with van der Waals surface area (Å²) in [6, 6.07) is 12.5. The molecule has 1 aliphatic rings. The lowest BCUT2D eigenvalue weighted by Crippen LogP contribution is -2.15. The lowest BCUT2D eigenvalue weighted by Gasteiger charge is -2.16. The van der Waals surface area contributed by atoms with E-state index in [1.807, 2.05) is 31.4 Å². The number of amides is 1. The van der Waals surface area contributed by atoms with Crippen LogP contribution in [0.2, 0.25) is 0 Å². The summed E-state index contributed by atoms with van der Waals surface area (Å²) in [5.74, 6) is 0.0403. The van der Waals surface area contributed by atoms with Gasteiger partial charge in [0.2, 0.25) is 5.91 Å². The third-order valence-corrected chi connectivity index (χ3v) is 7.67. The lowest BCUT2D eigenvalue weighted by atomic mass is 9.89. The third-order valence-electron chi connectivity index (χ3n) is 5.93. The molecular weight excluding hydrogens is 450 g/mol. The molecule has 2 N–H and O–H groups in total. The fraction of sp³-hybridized carbons (Fsp3) is 0.269. The van der Waals surface area contributed by atoms with Gasteiger partial charge in [-0.2, -0.15) is 0 Å². The van der Waals surface area contributed by atoms with Crippen molar-refractivity contribution in [3.63, 3.8) is 0 Å². The molecule has 1 aliphatic carbocycles. The molecule has 0 unspecified atom stereocenters. The normalized spacial score (nSPS) is 13.2. The van der Waals surface area contributed by atoms with Crippen LogP contribution in [0.25, 0.3) is 21.3 Å². The smallest absolute Gasteiger partial charge is 0.260 e. The molecule has 5 rings (SSSR count). The molecule has 168 valence electrons. The van der Waals surface area contributed by atoms with Crippen LogP contribution in [0.15, 0.2) is 51.7 Å². The number of carbonyl (C=O) groups excluding carboxylic acids is 1. The summed E-state index contributed by atoms with van der Waals surface area (Å²) in [6.45, 7) is 4.00. The molecule has 0 atom stereocenters. The minimum atomic E-state index is -0.161. The van der Waals surface area contributed by atoms with Gasteiger partial charge in [0.25, 0.3) is 5.56 Å². The zero-order chi connectivity index (χ0) is 22.9. The summed E-state index contributed by atoms with van der Waals surface area (Å²) < 4.78 is 0. The summed E-state index contributed by atoms with van der Waals surface area (Å²) in [4.78, 5) is 33.6. The summed E-state index contributed by atoms with van der Waals surface area (Å²) in [5, 5.41) is 6.02. The van der Waals surface area contributed by atoms with Gasteiger partial charge in [0, 0.05) is 16.6 Å². The van der Waals surface area contributed by atoms with Crippen molar-refractivity contribution in [1.82, 2.24) is 9.97 Å². The summed E-state index contributed by atoms with van der Waals surface area (Å²) in [5.41, 5.74) is 7.64. The molecular formula is C26H25N3O2S2. The van der Waals surface area contributed by atoms with Gasteiger partial charge in [0.1, 0.15) is 4.83 Å². The number of nitrogens with one attached hydrogen (secondary N) is 2. The van der Waals surface area contributed by atoms with Crippen LogP contribution in [0.3, 0.4) is 0 Å². The third kappa shape index (κ3) is 4.75. The Morgan fingerprint density at radius 3 is 2.64 bits per heavy atom. The summed E-state index contributed by atoms with van der Waals surface area (Å²) in [7, 11) is 0. The molecule has 0 spiro atoms. The molecule has 2 aromatic carbocycles. The quantitative estimate of drug-likeness (QED) is 0.279. The number of thiophene rings is 1. The van der Waals surface area contributed by atoms with E-state index in [4.69, 9.17) is 0 Å². The number of nitrogens with zero attached hydrogens (tertiary/aromatic N) is 1. The summed E-state index contributed by atoms with van der Waals surface area (Å²) in [6.07, 6.45) is 4.71. The molecule has 4 aromatic rings. The van der Waals surface area contributed by atoms with Crippen molar-refractivity contribution in [3.05, 3.63) is 74.4 Å². The van der Waals surface area contributed by atoms with Crippen LogP contribution in [0.5, 0.6) is 0 Å². The van der Waals surface area contributed by atoms with Gasteiger partial charge in [0.05, 0.1) is 11.1 Å². The van der Waals surface area contributed by atoms with Crippen LogP contribution in [0, 0.1) is 13.8 Å². The maximum absolute atomic E-state index is 13.0. The van der Waals surface area contributed by atoms with E-state index >= 15 is 0 Å². The van der Waals surface area contributed by atoms with E-state index in [9.17, 15) is 9.59 Å². The second kappa shape index (κ2) is 9.15. The Morgan fingerprint density at radius 1 is 1.09 bits per heavy atom. The minimum Gasteiger partial charge on any atom is -0.325 e. The van der Waals surface area contributed by atoms with Crippen molar-refractivity contribution >= 4 is 44.9 Å². The Balaban J connectivity index is 1.34. The number of rotatable bonds is 5. The van der Waals surface area contributed by atoms with Gasteiger partial charge < -0.3 is 10.3 Å². The number of aromatic amines is 1. The first kappa shape index (κ1) is 21.9. The predicted octanol–water partition coefficient (Wildman–Crippen LogP) is 5.88. The number of hydrogen-bond acceptors (Lipinski definition) is 5. The highest BCUT2D eigenvalue weighted by molar-refractivity contribution is 7.99. The number of aryl methyl sites for hydroxylation is 4. The fourth-order valence-corrected chi connectivity index (χ4v) is 6.16. The maximum Gasteiger partial charge on any atom is 0.260 e. The first-order chi connectivity index (χ1) is 16.0. The van der Waals surface area contributed by atoms with Crippen LogP contribution in [-0.4, -0.2) is 21.6 Å². The van der Waals surface area contributed by atoms with E-state index in [0.29, 0.717) is 15.4 Å². The van der Waals surface area contributed by atoms with E-state index < -0.39 is 0 Å². The molecule has 2 aromatic heterocycles. The second-order valence-corrected chi connectivity index (χ2v) is 10.4. The number of benzene rings is 2. The van der Waals surface area contributed by atoms with E-state index in [1.54, 1.807) is 0 Å². The first-order valence-electron chi connectivity index (χ1n) is 11.1. The topological polar surface area (TPSA) is 74.8 Å². The number of thioether (sulfide) groups is 1. The number of fused-ring (bicyclic) bond motifs is 2. The molecule has 5 nitrogen and oxygen atoms in total. The van der Waals surface area contributed by atoms with E-state index in [-0.39, 0.29) is 17.2 Å². The van der Waals surface area contributed by atoms with Gasteiger partial charge in [-0.15, -0.1) is 11.3 Å². The molecule has 1 amide bonds. The highest BCUT2D eigenvalue weighted by Crippen LogP contribution is 2.34. The highest BCUT2D eigenvalue weighted by Gasteiger charge is 2.16. The zero-order valence-electron chi connectivity index (χ0n) is 18.7. The number of anilines is 1.